The Kier molecular flexibility index (Phi) is 5.36. The van der Waals surface area contributed by atoms with Crippen LogP contribution in [-0.2, 0) is 9.59 Å². The summed E-state index contributed by atoms with van der Waals surface area (Å²) in [5, 5.41) is 5.21. The van der Waals surface area contributed by atoms with Crippen LogP contribution >= 0.6 is 0 Å². The number of hydrogen-bond donors (Lipinski definition) is 2. The number of benzene rings is 2. The summed E-state index contributed by atoms with van der Waals surface area (Å²) in [5.41, 5.74) is 2.07. The van der Waals surface area contributed by atoms with E-state index in [1.807, 2.05) is 32.0 Å². The summed E-state index contributed by atoms with van der Waals surface area (Å²) in [6, 6.07) is 14.4. The molecule has 0 aliphatic heterocycles. The van der Waals surface area contributed by atoms with Gasteiger partial charge in [0.25, 0.3) is 0 Å². The number of nitrogens with one attached hydrogen (secondary N) is 2. The third-order valence-electron chi connectivity index (χ3n) is 3.39. The van der Waals surface area contributed by atoms with Crippen LogP contribution in [-0.4, -0.2) is 18.9 Å². The van der Waals surface area contributed by atoms with E-state index in [0.717, 1.165) is 5.56 Å². The standard InChI is InChI=1S/C18H20N2O3/c1-12(2)13-8-4-5-9-14(13)19-17(21)18(22)20-15-10-6-7-11-16(15)23-3/h4-12H,1-3H3,(H,19,21)(H,20,22). The van der Waals surface area contributed by atoms with Gasteiger partial charge in [-0.15, -0.1) is 0 Å². The predicted molar refractivity (Wildman–Crippen MR) is 90.8 cm³/mol. The summed E-state index contributed by atoms with van der Waals surface area (Å²) in [5.74, 6) is -0.725. The van der Waals surface area contributed by atoms with Gasteiger partial charge in [0.1, 0.15) is 5.75 Å². The van der Waals surface area contributed by atoms with Gasteiger partial charge in [0.05, 0.1) is 12.8 Å². The first-order valence-electron chi connectivity index (χ1n) is 7.37. The minimum absolute atomic E-state index is 0.240. The van der Waals surface area contributed by atoms with E-state index in [9.17, 15) is 9.59 Å². The molecule has 0 bridgehead atoms. The van der Waals surface area contributed by atoms with Gasteiger partial charge in [-0.3, -0.25) is 9.59 Å². The van der Waals surface area contributed by atoms with Crippen LogP contribution < -0.4 is 15.4 Å². The Balaban J connectivity index is 2.11. The quantitative estimate of drug-likeness (QED) is 0.850. The van der Waals surface area contributed by atoms with Crippen LogP contribution in [0.2, 0.25) is 0 Å². The largest absolute Gasteiger partial charge is 0.495 e. The van der Waals surface area contributed by atoms with Gasteiger partial charge in [-0.1, -0.05) is 44.2 Å². The van der Waals surface area contributed by atoms with Gasteiger partial charge >= 0.3 is 11.8 Å². The fourth-order valence-corrected chi connectivity index (χ4v) is 2.22. The number of anilines is 2. The van der Waals surface area contributed by atoms with E-state index in [0.29, 0.717) is 17.1 Å². The Hall–Kier alpha value is -2.82. The smallest absolute Gasteiger partial charge is 0.314 e. The van der Waals surface area contributed by atoms with Gasteiger partial charge in [-0.25, -0.2) is 0 Å². The second-order valence-corrected chi connectivity index (χ2v) is 5.35. The number of carbonyl (C=O) groups is 2. The van der Waals surface area contributed by atoms with E-state index in [2.05, 4.69) is 10.6 Å². The molecule has 0 atom stereocenters. The third kappa shape index (κ3) is 4.10. The zero-order valence-corrected chi connectivity index (χ0v) is 13.4. The highest BCUT2D eigenvalue weighted by molar-refractivity contribution is 6.43. The normalized spacial score (nSPS) is 10.3. The Labute approximate surface area is 135 Å². The molecule has 0 heterocycles. The Morgan fingerprint density at radius 3 is 2.00 bits per heavy atom. The lowest BCUT2D eigenvalue weighted by Crippen LogP contribution is -2.29. The van der Waals surface area contributed by atoms with Gasteiger partial charge in [-0.05, 0) is 29.7 Å². The third-order valence-corrected chi connectivity index (χ3v) is 3.39. The van der Waals surface area contributed by atoms with Crippen LogP contribution in [0.25, 0.3) is 0 Å². The van der Waals surface area contributed by atoms with E-state index < -0.39 is 11.8 Å². The van der Waals surface area contributed by atoms with Crippen LogP contribution in [0.4, 0.5) is 11.4 Å². The molecule has 2 N–H and O–H groups in total. The number of carbonyl (C=O) groups excluding carboxylic acids is 2. The van der Waals surface area contributed by atoms with Crippen LogP contribution in [0.15, 0.2) is 48.5 Å². The van der Waals surface area contributed by atoms with Gasteiger partial charge in [0.2, 0.25) is 0 Å². The maximum atomic E-state index is 12.1. The first-order chi connectivity index (χ1) is 11.0. The summed E-state index contributed by atoms with van der Waals surface area (Å²) in [7, 11) is 1.50. The number of rotatable bonds is 4. The average molecular weight is 312 g/mol. The molecule has 0 saturated carbocycles. The van der Waals surface area contributed by atoms with Crippen molar-refractivity contribution >= 4 is 23.2 Å². The van der Waals surface area contributed by atoms with Gasteiger partial charge in [0.15, 0.2) is 0 Å². The Bertz CT molecular complexity index is 711. The molecule has 2 aromatic rings. The van der Waals surface area contributed by atoms with E-state index >= 15 is 0 Å². The van der Waals surface area contributed by atoms with E-state index in [1.165, 1.54) is 7.11 Å². The molecule has 2 aromatic carbocycles. The molecule has 5 nitrogen and oxygen atoms in total. The number of methoxy groups -OCH3 is 1. The summed E-state index contributed by atoms with van der Waals surface area (Å²) in [6.45, 7) is 4.06. The van der Waals surface area contributed by atoms with Crippen molar-refractivity contribution in [2.75, 3.05) is 17.7 Å². The summed E-state index contributed by atoms with van der Waals surface area (Å²) >= 11 is 0. The van der Waals surface area contributed by atoms with Crippen molar-refractivity contribution in [3.8, 4) is 5.75 Å². The molecule has 0 unspecified atom stereocenters. The highest BCUT2D eigenvalue weighted by Crippen LogP contribution is 2.25. The monoisotopic (exact) mass is 312 g/mol. The molecule has 5 heteroatoms. The van der Waals surface area contributed by atoms with Gasteiger partial charge < -0.3 is 15.4 Å². The van der Waals surface area contributed by atoms with E-state index in [-0.39, 0.29) is 5.92 Å². The van der Waals surface area contributed by atoms with Crippen molar-refractivity contribution in [2.24, 2.45) is 0 Å². The van der Waals surface area contributed by atoms with E-state index in [4.69, 9.17) is 4.74 Å². The Morgan fingerprint density at radius 2 is 1.39 bits per heavy atom. The topological polar surface area (TPSA) is 67.4 Å². The second-order valence-electron chi connectivity index (χ2n) is 5.35. The molecule has 0 fully saturated rings. The molecular weight excluding hydrogens is 292 g/mol. The first kappa shape index (κ1) is 16.5. The first-order valence-corrected chi connectivity index (χ1v) is 7.37. The number of hydrogen-bond acceptors (Lipinski definition) is 3. The Morgan fingerprint density at radius 1 is 0.870 bits per heavy atom. The second kappa shape index (κ2) is 7.45. The molecule has 0 aliphatic rings. The number of amides is 2. The minimum atomic E-state index is -0.743. The lowest BCUT2D eigenvalue weighted by Gasteiger charge is -2.14. The fourth-order valence-electron chi connectivity index (χ4n) is 2.22. The zero-order valence-electron chi connectivity index (χ0n) is 13.4. The summed E-state index contributed by atoms with van der Waals surface area (Å²) in [6.07, 6.45) is 0. The molecule has 23 heavy (non-hydrogen) atoms. The summed E-state index contributed by atoms with van der Waals surface area (Å²) < 4.78 is 5.15. The fraction of sp³-hybridized carbons (Fsp3) is 0.222. The summed E-state index contributed by atoms with van der Waals surface area (Å²) in [4.78, 5) is 24.2. The molecule has 0 radical (unpaired) electrons. The molecule has 2 amide bonds. The molecule has 0 saturated heterocycles. The molecule has 0 aliphatic carbocycles. The predicted octanol–water partition coefficient (Wildman–Crippen LogP) is 3.40. The van der Waals surface area contributed by atoms with Gasteiger partial charge in [0, 0.05) is 5.69 Å². The average Bonchev–Trinajstić information content (AvgIpc) is 2.55. The highest BCUT2D eigenvalue weighted by Gasteiger charge is 2.17. The van der Waals surface area contributed by atoms with Crippen molar-refractivity contribution in [3.05, 3.63) is 54.1 Å². The molecule has 120 valence electrons. The van der Waals surface area contributed by atoms with Crippen molar-refractivity contribution in [1.29, 1.82) is 0 Å². The molecule has 0 spiro atoms. The van der Waals surface area contributed by atoms with Crippen molar-refractivity contribution in [1.82, 2.24) is 0 Å². The lowest BCUT2D eigenvalue weighted by molar-refractivity contribution is -0.133. The van der Waals surface area contributed by atoms with Crippen LogP contribution in [0.3, 0.4) is 0 Å². The molecule has 0 aromatic heterocycles. The minimum Gasteiger partial charge on any atom is -0.495 e. The lowest BCUT2D eigenvalue weighted by atomic mass is 10.0. The van der Waals surface area contributed by atoms with Crippen molar-refractivity contribution in [3.63, 3.8) is 0 Å². The zero-order chi connectivity index (χ0) is 16.8. The maximum Gasteiger partial charge on any atom is 0.314 e. The van der Waals surface area contributed by atoms with E-state index in [1.54, 1.807) is 30.3 Å². The highest BCUT2D eigenvalue weighted by atomic mass is 16.5. The molecular formula is C18H20N2O3. The van der Waals surface area contributed by atoms with Crippen molar-refractivity contribution in [2.45, 2.75) is 19.8 Å². The van der Waals surface area contributed by atoms with Crippen molar-refractivity contribution < 1.29 is 14.3 Å². The molecule has 2 rings (SSSR count). The number of para-hydroxylation sites is 3. The van der Waals surface area contributed by atoms with Crippen LogP contribution in [0, 0.1) is 0 Å². The SMILES string of the molecule is COc1ccccc1NC(=O)C(=O)Nc1ccccc1C(C)C. The van der Waals surface area contributed by atoms with Crippen LogP contribution in [0.5, 0.6) is 5.75 Å². The maximum absolute atomic E-state index is 12.1. The number of ether oxygens (including phenoxy) is 1. The van der Waals surface area contributed by atoms with Gasteiger partial charge in [-0.2, -0.15) is 0 Å². The van der Waals surface area contributed by atoms with Crippen LogP contribution in [0.1, 0.15) is 25.3 Å².